The third-order valence-corrected chi connectivity index (χ3v) is 3.55. The van der Waals surface area contributed by atoms with E-state index in [1.54, 1.807) is 42.5 Å². The molecule has 1 N–H and O–H groups in total. The number of hydrogen-bond acceptors (Lipinski definition) is 3. The molecule has 2 aromatic rings. The van der Waals surface area contributed by atoms with Crippen molar-refractivity contribution < 1.29 is 14.4 Å². The van der Waals surface area contributed by atoms with Gasteiger partial charge >= 0.3 is 6.03 Å². The van der Waals surface area contributed by atoms with Crippen LogP contribution in [0.3, 0.4) is 0 Å². The van der Waals surface area contributed by atoms with Crippen LogP contribution >= 0.6 is 0 Å². The molecule has 0 radical (unpaired) electrons. The van der Waals surface area contributed by atoms with Crippen LogP contribution in [0.25, 0.3) is 0 Å². The average Bonchev–Trinajstić information content (AvgIpc) is 2.83. The van der Waals surface area contributed by atoms with E-state index in [1.165, 1.54) is 6.92 Å². The summed E-state index contributed by atoms with van der Waals surface area (Å²) in [5.41, 5.74) is 2.38. The van der Waals surface area contributed by atoms with E-state index in [0.717, 1.165) is 4.90 Å². The number of rotatable bonds is 2. The van der Waals surface area contributed by atoms with Gasteiger partial charge < -0.3 is 5.32 Å². The number of carbonyl (C=O) groups excluding carboxylic acids is 3. The number of nitrogens with zero attached hydrogens (tertiary/aromatic N) is 1. The first-order valence-corrected chi connectivity index (χ1v) is 6.89. The largest absolute Gasteiger partial charge is 0.333 e. The maximum Gasteiger partial charge on any atom is 0.333 e. The van der Waals surface area contributed by atoms with Gasteiger partial charge in [0, 0.05) is 11.3 Å². The number of benzene rings is 2. The van der Waals surface area contributed by atoms with E-state index in [9.17, 15) is 14.4 Å². The summed E-state index contributed by atoms with van der Waals surface area (Å²) in [5.74, 6) is -0.369. The van der Waals surface area contributed by atoms with Crippen molar-refractivity contribution in [2.45, 2.75) is 13.3 Å². The molecule has 1 heterocycles. The third-order valence-electron chi connectivity index (χ3n) is 3.55. The fourth-order valence-corrected chi connectivity index (χ4v) is 2.46. The lowest BCUT2D eigenvalue weighted by Gasteiger charge is -2.16. The van der Waals surface area contributed by atoms with Crippen LogP contribution < -0.4 is 10.2 Å². The van der Waals surface area contributed by atoms with E-state index in [2.05, 4.69) is 5.32 Å². The van der Waals surface area contributed by atoms with Crippen LogP contribution in [-0.4, -0.2) is 17.7 Å². The van der Waals surface area contributed by atoms with Crippen molar-refractivity contribution in [3.8, 4) is 0 Å². The number of fused-ring (bicyclic) bond motifs is 1. The summed E-state index contributed by atoms with van der Waals surface area (Å²) < 4.78 is 0. The highest BCUT2D eigenvalue weighted by Crippen LogP contribution is 2.30. The predicted octanol–water partition coefficient (Wildman–Crippen LogP) is 3.01. The highest BCUT2D eigenvalue weighted by atomic mass is 16.2. The second-order valence-corrected chi connectivity index (χ2v) is 5.10. The molecule has 0 saturated carbocycles. The Kier molecular flexibility index (Phi) is 3.47. The van der Waals surface area contributed by atoms with Crippen molar-refractivity contribution in [2.24, 2.45) is 0 Å². The number of Topliss-reactive ketones (excluding diaryl/α,β-unsaturated/α-hetero) is 1. The lowest BCUT2D eigenvalue weighted by molar-refractivity contribution is -0.116. The van der Waals surface area contributed by atoms with Gasteiger partial charge in [-0.05, 0) is 42.8 Å². The summed E-state index contributed by atoms with van der Waals surface area (Å²) in [6.07, 6.45) is 0.124. The van der Waals surface area contributed by atoms with Crippen LogP contribution in [0.2, 0.25) is 0 Å². The molecule has 1 aliphatic rings. The molecule has 2 aromatic carbocycles. The molecule has 0 fully saturated rings. The second kappa shape index (κ2) is 5.44. The number of carbonyl (C=O) groups is 3. The van der Waals surface area contributed by atoms with Crippen molar-refractivity contribution in [3.63, 3.8) is 0 Å². The van der Waals surface area contributed by atoms with Gasteiger partial charge in [0.05, 0.1) is 12.1 Å². The zero-order chi connectivity index (χ0) is 15.7. The van der Waals surface area contributed by atoms with E-state index in [0.29, 0.717) is 22.5 Å². The number of urea groups is 1. The minimum atomic E-state index is -0.495. The Morgan fingerprint density at radius 1 is 1.09 bits per heavy atom. The first kappa shape index (κ1) is 14.0. The van der Waals surface area contributed by atoms with Crippen molar-refractivity contribution in [1.82, 2.24) is 0 Å². The van der Waals surface area contributed by atoms with Gasteiger partial charge in [0.1, 0.15) is 0 Å². The number of ketones is 1. The molecule has 0 aliphatic carbocycles. The second-order valence-electron chi connectivity index (χ2n) is 5.10. The van der Waals surface area contributed by atoms with Gasteiger partial charge in [-0.3, -0.25) is 9.59 Å². The molecule has 0 atom stereocenters. The Morgan fingerprint density at radius 3 is 2.50 bits per heavy atom. The van der Waals surface area contributed by atoms with Gasteiger partial charge in [0.25, 0.3) is 0 Å². The maximum absolute atomic E-state index is 12.3. The van der Waals surface area contributed by atoms with Crippen LogP contribution in [0, 0.1) is 0 Å². The van der Waals surface area contributed by atoms with Crippen molar-refractivity contribution in [1.29, 1.82) is 0 Å². The Balaban J connectivity index is 1.88. The van der Waals surface area contributed by atoms with E-state index < -0.39 is 6.03 Å². The number of anilines is 2. The van der Waals surface area contributed by atoms with Crippen LogP contribution in [0.1, 0.15) is 22.8 Å². The summed E-state index contributed by atoms with van der Waals surface area (Å²) in [6.45, 7) is 1.47. The zero-order valence-corrected chi connectivity index (χ0v) is 12.0. The lowest BCUT2D eigenvalue weighted by Crippen LogP contribution is -2.37. The van der Waals surface area contributed by atoms with Gasteiger partial charge in [-0.2, -0.15) is 0 Å². The summed E-state index contributed by atoms with van der Waals surface area (Å²) >= 11 is 0. The van der Waals surface area contributed by atoms with Gasteiger partial charge in [-0.15, -0.1) is 0 Å². The Labute approximate surface area is 127 Å². The molecular formula is C17H14N2O3. The molecule has 0 saturated heterocycles. The molecule has 5 heteroatoms. The molecule has 0 bridgehead atoms. The van der Waals surface area contributed by atoms with Crippen LogP contribution in [0.5, 0.6) is 0 Å². The first-order chi connectivity index (χ1) is 10.6. The molecule has 3 amide bonds. The Morgan fingerprint density at radius 2 is 1.82 bits per heavy atom. The summed E-state index contributed by atoms with van der Waals surface area (Å²) in [7, 11) is 0. The SMILES string of the molecule is CC(=O)c1ccc2c(c1)CC(=O)N2C(=O)Nc1ccccc1. The maximum atomic E-state index is 12.3. The number of nitrogens with one attached hydrogen (secondary N) is 1. The third kappa shape index (κ3) is 2.48. The number of para-hydroxylation sites is 1. The number of imide groups is 1. The fourth-order valence-electron chi connectivity index (χ4n) is 2.46. The lowest BCUT2D eigenvalue weighted by atomic mass is 10.1. The average molecular weight is 294 g/mol. The number of amides is 3. The molecule has 5 nitrogen and oxygen atoms in total. The fraction of sp³-hybridized carbons (Fsp3) is 0.118. The van der Waals surface area contributed by atoms with Crippen LogP contribution in [0.15, 0.2) is 48.5 Å². The van der Waals surface area contributed by atoms with E-state index in [1.807, 2.05) is 6.07 Å². The highest BCUT2D eigenvalue weighted by Gasteiger charge is 2.32. The normalized spacial score (nSPS) is 13.0. The van der Waals surface area contributed by atoms with Gasteiger partial charge in [0.2, 0.25) is 5.91 Å². The summed E-state index contributed by atoms with van der Waals surface area (Å²) in [5, 5.41) is 2.69. The molecule has 0 spiro atoms. The zero-order valence-electron chi connectivity index (χ0n) is 12.0. The van der Waals surface area contributed by atoms with Crippen LogP contribution in [-0.2, 0) is 11.2 Å². The molecule has 0 unspecified atom stereocenters. The summed E-state index contributed by atoms with van der Waals surface area (Å²) in [6, 6.07) is 13.4. The predicted molar refractivity (Wildman–Crippen MR) is 83.1 cm³/mol. The quantitative estimate of drug-likeness (QED) is 0.866. The van der Waals surface area contributed by atoms with Crippen molar-refractivity contribution in [3.05, 3.63) is 59.7 Å². The first-order valence-electron chi connectivity index (χ1n) is 6.89. The monoisotopic (exact) mass is 294 g/mol. The van der Waals surface area contributed by atoms with Crippen molar-refractivity contribution >= 4 is 29.1 Å². The summed E-state index contributed by atoms with van der Waals surface area (Å²) in [4.78, 5) is 37.0. The molecule has 0 aromatic heterocycles. The Bertz CT molecular complexity index is 769. The standard InChI is InChI=1S/C17H14N2O3/c1-11(20)12-7-8-15-13(9-12)10-16(21)19(15)17(22)18-14-5-3-2-4-6-14/h2-9H,10H2,1H3,(H,18,22). The van der Waals surface area contributed by atoms with Gasteiger partial charge in [-0.1, -0.05) is 18.2 Å². The van der Waals surface area contributed by atoms with E-state index >= 15 is 0 Å². The van der Waals surface area contributed by atoms with Crippen LogP contribution in [0.4, 0.5) is 16.2 Å². The van der Waals surface area contributed by atoms with E-state index in [4.69, 9.17) is 0 Å². The molecule has 22 heavy (non-hydrogen) atoms. The molecular weight excluding hydrogens is 280 g/mol. The molecule has 110 valence electrons. The van der Waals surface area contributed by atoms with Crippen molar-refractivity contribution in [2.75, 3.05) is 10.2 Å². The molecule has 3 rings (SSSR count). The smallest absolute Gasteiger partial charge is 0.307 e. The molecule has 1 aliphatic heterocycles. The highest BCUT2D eigenvalue weighted by molar-refractivity contribution is 6.22. The Hall–Kier alpha value is -2.95. The number of hydrogen-bond donors (Lipinski definition) is 1. The van der Waals surface area contributed by atoms with E-state index in [-0.39, 0.29) is 18.1 Å². The topological polar surface area (TPSA) is 66.5 Å². The van der Waals surface area contributed by atoms with Gasteiger partial charge in [0.15, 0.2) is 5.78 Å². The minimum Gasteiger partial charge on any atom is -0.307 e. The van der Waals surface area contributed by atoms with Gasteiger partial charge in [-0.25, -0.2) is 9.69 Å². The minimum absolute atomic E-state index is 0.0672.